The van der Waals surface area contributed by atoms with Crippen molar-refractivity contribution in [2.45, 2.75) is 38.3 Å². The summed E-state index contributed by atoms with van der Waals surface area (Å²) in [6, 6.07) is 16.6. The lowest BCUT2D eigenvalue weighted by Gasteiger charge is -2.15. The van der Waals surface area contributed by atoms with Crippen molar-refractivity contribution in [1.29, 1.82) is 0 Å². The van der Waals surface area contributed by atoms with Crippen LogP contribution in [0.15, 0.2) is 59.2 Å². The van der Waals surface area contributed by atoms with Gasteiger partial charge in [0.15, 0.2) is 0 Å². The van der Waals surface area contributed by atoms with Crippen LogP contribution in [0.2, 0.25) is 0 Å². The summed E-state index contributed by atoms with van der Waals surface area (Å²) in [5.41, 5.74) is 2.00. The Bertz CT molecular complexity index is 796. The fourth-order valence-electron chi connectivity index (χ4n) is 3.22. The van der Waals surface area contributed by atoms with Crippen LogP contribution in [0.4, 0.5) is 11.8 Å². The highest BCUT2D eigenvalue weighted by Crippen LogP contribution is 2.25. The second kappa shape index (κ2) is 7.38. The minimum Gasteiger partial charge on any atom is -0.467 e. The molecule has 0 atom stereocenters. The molecule has 1 fully saturated rings. The first-order valence-corrected chi connectivity index (χ1v) is 8.84. The SMILES string of the molecule is c1ccc(-c2cc(NC3CCCC3)nc(NCc3ccco3)n2)cc1. The Kier molecular flexibility index (Phi) is 4.63. The van der Waals surface area contributed by atoms with E-state index in [1.807, 2.05) is 36.4 Å². The van der Waals surface area contributed by atoms with Gasteiger partial charge in [-0.1, -0.05) is 43.2 Å². The summed E-state index contributed by atoms with van der Waals surface area (Å²) in [4.78, 5) is 9.32. The number of nitrogens with zero attached hydrogens (tertiary/aromatic N) is 2. The third-order valence-electron chi connectivity index (χ3n) is 4.50. The summed E-state index contributed by atoms with van der Waals surface area (Å²) in [5, 5.41) is 6.84. The smallest absolute Gasteiger partial charge is 0.225 e. The van der Waals surface area contributed by atoms with Gasteiger partial charge in [0.05, 0.1) is 18.5 Å². The van der Waals surface area contributed by atoms with E-state index in [4.69, 9.17) is 4.42 Å². The Hall–Kier alpha value is -2.82. The molecule has 5 heteroatoms. The molecule has 5 nitrogen and oxygen atoms in total. The maximum atomic E-state index is 5.37. The summed E-state index contributed by atoms with van der Waals surface area (Å²) in [6.07, 6.45) is 6.67. The maximum Gasteiger partial charge on any atom is 0.225 e. The average Bonchev–Trinajstić information content (AvgIpc) is 3.34. The number of furan rings is 1. The van der Waals surface area contributed by atoms with Crippen LogP contribution in [0.1, 0.15) is 31.4 Å². The van der Waals surface area contributed by atoms with Gasteiger partial charge in [-0.2, -0.15) is 4.98 Å². The third kappa shape index (κ3) is 3.99. The summed E-state index contributed by atoms with van der Waals surface area (Å²) in [5.74, 6) is 2.35. The monoisotopic (exact) mass is 334 g/mol. The van der Waals surface area contributed by atoms with E-state index < -0.39 is 0 Å². The lowest BCUT2D eigenvalue weighted by molar-refractivity contribution is 0.517. The van der Waals surface area contributed by atoms with Crippen LogP contribution in [-0.2, 0) is 6.54 Å². The molecule has 0 spiro atoms. The van der Waals surface area contributed by atoms with E-state index in [0.717, 1.165) is 22.8 Å². The molecule has 0 amide bonds. The van der Waals surface area contributed by atoms with Crippen LogP contribution >= 0.6 is 0 Å². The first kappa shape index (κ1) is 15.7. The van der Waals surface area contributed by atoms with E-state index in [9.17, 15) is 0 Å². The van der Waals surface area contributed by atoms with Gasteiger partial charge in [-0.3, -0.25) is 0 Å². The largest absolute Gasteiger partial charge is 0.467 e. The molecule has 0 bridgehead atoms. The number of hydrogen-bond donors (Lipinski definition) is 2. The number of anilines is 2. The number of benzene rings is 1. The first-order valence-electron chi connectivity index (χ1n) is 8.84. The van der Waals surface area contributed by atoms with Crippen LogP contribution < -0.4 is 10.6 Å². The van der Waals surface area contributed by atoms with Crippen molar-refractivity contribution in [2.24, 2.45) is 0 Å². The molecule has 0 radical (unpaired) electrons. The highest BCUT2D eigenvalue weighted by Gasteiger charge is 2.16. The molecule has 1 aromatic carbocycles. The molecule has 1 aliphatic carbocycles. The lowest BCUT2D eigenvalue weighted by Crippen LogP contribution is -2.16. The molecule has 3 aromatic rings. The minimum atomic E-state index is 0.511. The van der Waals surface area contributed by atoms with Gasteiger partial charge in [0.1, 0.15) is 11.6 Å². The minimum absolute atomic E-state index is 0.511. The predicted octanol–water partition coefficient (Wildman–Crippen LogP) is 4.70. The van der Waals surface area contributed by atoms with E-state index in [0.29, 0.717) is 18.5 Å². The van der Waals surface area contributed by atoms with Crippen LogP contribution in [0.5, 0.6) is 0 Å². The zero-order chi connectivity index (χ0) is 16.9. The fraction of sp³-hybridized carbons (Fsp3) is 0.300. The van der Waals surface area contributed by atoms with Crippen molar-refractivity contribution in [3.63, 3.8) is 0 Å². The first-order chi connectivity index (χ1) is 12.4. The standard InChI is InChI=1S/C20H22N4O/c1-2-7-15(8-3-1)18-13-19(22-16-9-4-5-10-16)24-20(23-18)21-14-17-11-6-12-25-17/h1-3,6-8,11-13,16H,4-5,9-10,14H2,(H2,21,22,23,24). The zero-order valence-electron chi connectivity index (χ0n) is 14.1. The molecule has 2 heterocycles. The quantitative estimate of drug-likeness (QED) is 0.684. The van der Waals surface area contributed by atoms with Crippen molar-refractivity contribution >= 4 is 11.8 Å². The van der Waals surface area contributed by atoms with Crippen molar-refractivity contribution < 1.29 is 4.42 Å². The van der Waals surface area contributed by atoms with Gasteiger partial charge in [-0.15, -0.1) is 0 Å². The van der Waals surface area contributed by atoms with Gasteiger partial charge in [-0.05, 0) is 25.0 Å². The van der Waals surface area contributed by atoms with Gasteiger partial charge in [0, 0.05) is 17.7 Å². The van der Waals surface area contributed by atoms with Gasteiger partial charge in [0.25, 0.3) is 0 Å². The van der Waals surface area contributed by atoms with Crippen LogP contribution in [0.3, 0.4) is 0 Å². The highest BCUT2D eigenvalue weighted by molar-refractivity contribution is 5.64. The number of nitrogens with one attached hydrogen (secondary N) is 2. The van der Waals surface area contributed by atoms with Crippen molar-refractivity contribution in [3.8, 4) is 11.3 Å². The molecule has 25 heavy (non-hydrogen) atoms. The molecule has 2 aromatic heterocycles. The van der Waals surface area contributed by atoms with E-state index in [-0.39, 0.29) is 0 Å². The van der Waals surface area contributed by atoms with E-state index >= 15 is 0 Å². The molecule has 0 unspecified atom stereocenters. The molecule has 2 N–H and O–H groups in total. The number of aromatic nitrogens is 2. The van der Waals surface area contributed by atoms with Gasteiger partial charge < -0.3 is 15.1 Å². The molecular formula is C20H22N4O. The van der Waals surface area contributed by atoms with E-state index in [1.54, 1.807) is 6.26 Å². The maximum absolute atomic E-state index is 5.37. The van der Waals surface area contributed by atoms with Crippen molar-refractivity contribution in [2.75, 3.05) is 10.6 Å². The highest BCUT2D eigenvalue weighted by atomic mass is 16.3. The van der Waals surface area contributed by atoms with Crippen LogP contribution in [0, 0.1) is 0 Å². The Balaban J connectivity index is 1.59. The molecule has 1 aliphatic rings. The Labute approximate surface area is 147 Å². The van der Waals surface area contributed by atoms with Crippen LogP contribution in [0.25, 0.3) is 11.3 Å². The van der Waals surface area contributed by atoms with Crippen LogP contribution in [-0.4, -0.2) is 16.0 Å². The second-order valence-corrected chi connectivity index (χ2v) is 6.39. The predicted molar refractivity (Wildman–Crippen MR) is 99.4 cm³/mol. The Morgan fingerprint density at radius 2 is 1.84 bits per heavy atom. The molecule has 4 rings (SSSR count). The third-order valence-corrected chi connectivity index (χ3v) is 4.50. The molecule has 0 saturated heterocycles. The van der Waals surface area contributed by atoms with Gasteiger partial charge in [0.2, 0.25) is 5.95 Å². The normalized spacial score (nSPS) is 14.6. The number of rotatable bonds is 6. The summed E-state index contributed by atoms with van der Waals surface area (Å²) < 4.78 is 5.37. The Morgan fingerprint density at radius 1 is 1.00 bits per heavy atom. The lowest BCUT2D eigenvalue weighted by atomic mass is 10.1. The number of hydrogen-bond acceptors (Lipinski definition) is 5. The molecule has 1 saturated carbocycles. The van der Waals surface area contributed by atoms with Crippen molar-refractivity contribution in [1.82, 2.24) is 9.97 Å². The average molecular weight is 334 g/mol. The molecule has 128 valence electrons. The summed E-state index contributed by atoms with van der Waals surface area (Å²) >= 11 is 0. The molecule has 0 aliphatic heterocycles. The Morgan fingerprint density at radius 3 is 2.60 bits per heavy atom. The summed E-state index contributed by atoms with van der Waals surface area (Å²) in [6.45, 7) is 0.564. The topological polar surface area (TPSA) is 63.0 Å². The van der Waals surface area contributed by atoms with Gasteiger partial charge in [-0.25, -0.2) is 4.98 Å². The van der Waals surface area contributed by atoms with Gasteiger partial charge >= 0.3 is 0 Å². The second-order valence-electron chi connectivity index (χ2n) is 6.39. The summed E-state index contributed by atoms with van der Waals surface area (Å²) in [7, 11) is 0. The fourth-order valence-corrected chi connectivity index (χ4v) is 3.22. The van der Waals surface area contributed by atoms with E-state index in [2.05, 4.69) is 32.7 Å². The molecular weight excluding hydrogens is 312 g/mol. The van der Waals surface area contributed by atoms with Crippen molar-refractivity contribution in [3.05, 3.63) is 60.6 Å². The van der Waals surface area contributed by atoms with E-state index in [1.165, 1.54) is 25.7 Å². The zero-order valence-corrected chi connectivity index (χ0v) is 14.1.